The van der Waals surface area contributed by atoms with Crippen LogP contribution in [0.15, 0.2) is 28.8 Å². The van der Waals surface area contributed by atoms with Crippen molar-refractivity contribution in [2.24, 2.45) is 0 Å². The zero-order chi connectivity index (χ0) is 17.6. The molecule has 7 heteroatoms. The topological polar surface area (TPSA) is 68.5 Å². The van der Waals surface area contributed by atoms with E-state index in [2.05, 4.69) is 19.8 Å². The number of carbonyl (C=O) groups excluding carboxylic acids is 1. The molecule has 1 aromatic carbocycles. The number of nitrogens with zero attached hydrogens (tertiary/aromatic N) is 3. The second-order valence-corrected chi connectivity index (χ2v) is 6.72. The molecule has 0 amide bonds. The highest BCUT2D eigenvalue weighted by molar-refractivity contribution is 6.30. The average Bonchev–Trinajstić information content (AvgIpc) is 3.12. The zero-order valence-electron chi connectivity index (χ0n) is 14.3. The van der Waals surface area contributed by atoms with Gasteiger partial charge in [0.05, 0.1) is 13.0 Å². The number of rotatable bonds is 6. The normalized spacial score (nSPS) is 18.2. The van der Waals surface area contributed by atoms with Crippen LogP contribution in [-0.4, -0.2) is 47.8 Å². The van der Waals surface area contributed by atoms with Gasteiger partial charge in [-0.05, 0) is 56.6 Å². The number of hydrogen-bond donors (Lipinski definition) is 0. The van der Waals surface area contributed by atoms with Crippen molar-refractivity contribution in [3.05, 3.63) is 35.2 Å². The molecular formula is C18H22ClN3O3. The summed E-state index contributed by atoms with van der Waals surface area (Å²) in [5.41, 5.74) is 0.894. The summed E-state index contributed by atoms with van der Waals surface area (Å²) < 4.78 is 10.2. The van der Waals surface area contributed by atoms with Gasteiger partial charge in [0.25, 0.3) is 0 Å². The minimum Gasteiger partial charge on any atom is -0.469 e. The number of likely N-dealkylation sites (tertiary alicyclic amines) is 1. The van der Waals surface area contributed by atoms with Gasteiger partial charge in [-0.2, -0.15) is 4.98 Å². The summed E-state index contributed by atoms with van der Waals surface area (Å²) in [6, 6.07) is 7.40. The van der Waals surface area contributed by atoms with Gasteiger partial charge in [0.15, 0.2) is 0 Å². The predicted molar refractivity (Wildman–Crippen MR) is 94.4 cm³/mol. The lowest BCUT2D eigenvalue weighted by Gasteiger charge is -2.30. The van der Waals surface area contributed by atoms with Gasteiger partial charge >= 0.3 is 5.97 Å². The fraction of sp³-hybridized carbons (Fsp3) is 0.500. The maximum absolute atomic E-state index is 11.2. The summed E-state index contributed by atoms with van der Waals surface area (Å²) in [5, 5.41) is 4.79. The van der Waals surface area contributed by atoms with Crippen molar-refractivity contribution in [3.63, 3.8) is 0 Å². The minimum atomic E-state index is -0.155. The molecule has 25 heavy (non-hydrogen) atoms. The number of piperidine rings is 1. The molecule has 0 bridgehead atoms. The predicted octanol–water partition coefficient (Wildman–Crippen LogP) is 3.52. The third-order valence-electron chi connectivity index (χ3n) is 4.48. The number of carbonyl (C=O) groups is 1. The largest absolute Gasteiger partial charge is 0.469 e. The van der Waals surface area contributed by atoms with Crippen molar-refractivity contribution >= 4 is 17.6 Å². The number of aromatic nitrogens is 2. The number of hydrogen-bond acceptors (Lipinski definition) is 6. The Kier molecular flexibility index (Phi) is 6.04. The van der Waals surface area contributed by atoms with E-state index in [-0.39, 0.29) is 11.9 Å². The molecule has 0 radical (unpaired) electrons. The Balaban J connectivity index is 1.58. The van der Waals surface area contributed by atoms with Crippen LogP contribution in [0.2, 0.25) is 5.02 Å². The first-order chi connectivity index (χ1) is 12.2. The van der Waals surface area contributed by atoms with Crippen molar-refractivity contribution < 1.29 is 14.1 Å². The fourth-order valence-electron chi connectivity index (χ4n) is 3.13. The molecule has 1 atom stereocenters. The van der Waals surface area contributed by atoms with Crippen LogP contribution in [0.4, 0.5) is 0 Å². The summed E-state index contributed by atoms with van der Waals surface area (Å²) in [6.45, 7) is 2.79. The molecule has 1 saturated heterocycles. The summed E-state index contributed by atoms with van der Waals surface area (Å²) in [4.78, 5) is 18.1. The molecular weight excluding hydrogens is 342 g/mol. The van der Waals surface area contributed by atoms with Gasteiger partial charge < -0.3 is 14.2 Å². The summed E-state index contributed by atoms with van der Waals surface area (Å²) >= 11 is 5.91. The molecule has 1 fully saturated rings. The standard InChI is InChI=1S/C18H22ClN3O3/c1-24-16(23)5-3-11-22-10-2-4-14(12-22)18-20-17(21-25-18)13-6-8-15(19)9-7-13/h6-9,14H,2-5,10-12H2,1H3. The molecule has 134 valence electrons. The monoisotopic (exact) mass is 363 g/mol. The van der Waals surface area contributed by atoms with E-state index < -0.39 is 0 Å². The van der Waals surface area contributed by atoms with Crippen molar-refractivity contribution in [2.45, 2.75) is 31.6 Å². The fourth-order valence-corrected chi connectivity index (χ4v) is 3.25. The summed E-state index contributed by atoms with van der Waals surface area (Å²) in [5.74, 6) is 1.36. The van der Waals surface area contributed by atoms with E-state index in [1.807, 2.05) is 24.3 Å². The van der Waals surface area contributed by atoms with E-state index in [0.717, 1.165) is 44.5 Å². The lowest BCUT2D eigenvalue weighted by Crippen LogP contribution is -2.35. The molecule has 6 nitrogen and oxygen atoms in total. The highest BCUT2D eigenvalue weighted by Gasteiger charge is 2.26. The van der Waals surface area contributed by atoms with Gasteiger partial charge in [-0.25, -0.2) is 0 Å². The van der Waals surface area contributed by atoms with E-state index >= 15 is 0 Å². The van der Waals surface area contributed by atoms with Crippen LogP contribution in [0.1, 0.15) is 37.5 Å². The molecule has 1 aromatic heterocycles. The third kappa shape index (κ3) is 4.80. The van der Waals surface area contributed by atoms with Gasteiger partial charge in [0, 0.05) is 23.6 Å². The molecule has 1 aliphatic heterocycles. The van der Waals surface area contributed by atoms with Gasteiger partial charge in [-0.3, -0.25) is 4.79 Å². The number of esters is 1. The smallest absolute Gasteiger partial charge is 0.305 e. The van der Waals surface area contributed by atoms with Crippen LogP contribution in [0.3, 0.4) is 0 Å². The van der Waals surface area contributed by atoms with Crippen molar-refractivity contribution in [1.82, 2.24) is 15.0 Å². The van der Waals surface area contributed by atoms with E-state index in [1.54, 1.807) is 0 Å². The quantitative estimate of drug-likeness (QED) is 0.731. The van der Waals surface area contributed by atoms with Crippen LogP contribution in [-0.2, 0) is 9.53 Å². The minimum absolute atomic E-state index is 0.155. The number of methoxy groups -OCH3 is 1. The van der Waals surface area contributed by atoms with E-state index in [0.29, 0.717) is 23.2 Å². The van der Waals surface area contributed by atoms with Crippen LogP contribution in [0, 0.1) is 0 Å². The first-order valence-corrected chi connectivity index (χ1v) is 8.92. The Hall–Kier alpha value is -1.92. The molecule has 1 aliphatic rings. The molecule has 2 heterocycles. The second kappa shape index (κ2) is 8.45. The van der Waals surface area contributed by atoms with Gasteiger partial charge in [-0.15, -0.1) is 0 Å². The first-order valence-electron chi connectivity index (χ1n) is 8.54. The Morgan fingerprint density at radius 2 is 2.20 bits per heavy atom. The van der Waals surface area contributed by atoms with Gasteiger partial charge in [0.1, 0.15) is 0 Å². The van der Waals surface area contributed by atoms with E-state index in [4.69, 9.17) is 16.1 Å². The molecule has 0 N–H and O–H groups in total. The molecule has 3 rings (SSSR count). The third-order valence-corrected chi connectivity index (χ3v) is 4.73. The second-order valence-electron chi connectivity index (χ2n) is 6.28. The summed E-state index contributed by atoms with van der Waals surface area (Å²) in [6.07, 6.45) is 3.38. The van der Waals surface area contributed by atoms with Crippen LogP contribution in [0.5, 0.6) is 0 Å². The van der Waals surface area contributed by atoms with Crippen LogP contribution >= 0.6 is 11.6 Å². The maximum Gasteiger partial charge on any atom is 0.305 e. The SMILES string of the molecule is COC(=O)CCCN1CCCC(c2nc(-c3ccc(Cl)cc3)no2)C1. The van der Waals surface area contributed by atoms with Gasteiger partial charge in [0.2, 0.25) is 11.7 Å². The highest BCUT2D eigenvalue weighted by Crippen LogP contribution is 2.28. The number of benzene rings is 1. The van der Waals surface area contributed by atoms with Crippen LogP contribution < -0.4 is 0 Å². The summed E-state index contributed by atoms with van der Waals surface area (Å²) in [7, 11) is 1.42. The van der Waals surface area contributed by atoms with Crippen LogP contribution in [0.25, 0.3) is 11.4 Å². The highest BCUT2D eigenvalue weighted by atomic mass is 35.5. The van der Waals surface area contributed by atoms with Crippen molar-refractivity contribution in [2.75, 3.05) is 26.7 Å². The maximum atomic E-state index is 11.2. The van der Waals surface area contributed by atoms with Crippen molar-refractivity contribution in [3.8, 4) is 11.4 Å². The molecule has 2 aromatic rings. The number of ether oxygens (including phenoxy) is 1. The zero-order valence-corrected chi connectivity index (χ0v) is 15.0. The lowest BCUT2D eigenvalue weighted by molar-refractivity contribution is -0.140. The molecule has 0 spiro atoms. The Morgan fingerprint density at radius 3 is 2.96 bits per heavy atom. The Labute approximate surface area is 152 Å². The van der Waals surface area contributed by atoms with Crippen molar-refractivity contribution in [1.29, 1.82) is 0 Å². The molecule has 1 unspecified atom stereocenters. The molecule has 0 saturated carbocycles. The Bertz CT molecular complexity index is 702. The lowest BCUT2D eigenvalue weighted by atomic mass is 9.97. The van der Waals surface area contributed by atoms with Gasteiger partial charge in [-0.1, -0.05) is 16.8 Å². The molecule has 0 aliphatic carbocycles. The van der Waals surface area contributed by atoms with E-state index in [9.17, 15) is 4.79 Å². The first kappa shape index (κ1) is 17.9. The van der Waals surface area contributed by atoms with E-state index in [1.165, 1.54) is 7.11 Å². The average molecular weight is 364 g/mol. The Morgan fingerprint density at radius 1 is 1.40 bits per heavy atom. The number of halogens is 1.